The number of amides is 2. The summed E-state index contributed by atoms with van der Waals surface area (Å²) >= 11 is 0. The first-order valence-electron chi connectivity index (χ1n) is 11.1. The van der Waals surface area contributed by atoms with Crippen LogP contribution in [0.15, 0.2) is 48.5 Å². The highest BCUT2D eigenvalue weighted by molar-refractivity contribution is 5.97. The zero-order valence-corrected chi connectivity index (χ0v) is 17.9. The summed E-state index contributed by atoms with van der Waals surface area (Å²) in [5.74, 6) is 0.875. The summed E-state index contributed by atoms with van der Waals surface area (Å²) in [6.45, 7) is 7.32. The average molecular weight is 406 g/mol. The monoisotopic (exact) mass is 405 g/mol. The Labute approximate surface area is 179 Å². The summed E-state index contributed by atoms with van der Waals surface area (Å²) in [7, 11) is 0. The maximum atomic E-state index is 12.7. The molecule has 0 unspecified atom stereocenters. The van der Waals surface area contributed by atoms with E-state index in [4.69, 9.17) is 0 Å². The van der Waals surface area contributed by atoms with Gasteiger partial charge in [0.2, 0.25) is 5.91 Å². The van der Waals surface area contributed by atoms with E-state index >= 15 is 0 Å². The van der Waals surface area contributed by atoms with E-state index in [9.17, 15) is 9.59 Å². The fourth-order valence-electron chi connectivity index (χ4n) is 4.32. The van der Waals surface area contributed by atoms with Gasteiger partial charge in [-0.3, -0.25) is 9.59 Å². The minimum absolute atomic E-state index is 0.0761. The summed E-state index contributed by atoms with van der Waals surface area (Å²) in [6, 6.07) is 15.8. The molecular formula is C25H31N3O2. The van der Waals surface area contributed by atoms with Crippen LogP contribution in [0.5, 0.6) is 0 Å². The summed E-state index contributed by atoms with van der Waals surface area (Å²) in [4.78, 5) is 28.8. The maximum absolute atomic E-state index is 12.7. The summed E-state index contributed by atoms with van der Waals surface area (Å²) in [5.41, 5.74) is 3.83. The molecule has 2 aliphatic rings. The Morgan fingerprint density at radius 3 is 2.20 bits per heavy atom. The lowest BCUT2D eigenvalue weighted by molar-refractivity contribution is -0.117. The van der Waals surface area contributed by atoms with Crippen LogP contribution in [-0.2, 0) is 4.79 Å². The predicted octanol–water partition coefficient (Wildman–Crippen LogP) is 4.54. The van der Waals surface area contributed by atoms with Crippen LogP contribution in [-0.4, -0.2) is 31.4 Å². The van der Waals surface area contributed by atoms with E-state index in [-0.39, 0.29) is 17.9 Å². The van der Waals surface area contributed by atoms with Gasteiger partial charge < -0.3 is 15.1 Å². The quantitative estimate of drug-likeness (QED) is 0.795. The van der Waals surface area contributed by atoms with Crippen molar-refractivity contribution in [2.75, 3.05) is 29.4 Å². The molecule has 0 radical (unpaired) electrons. The second-order valence-corrected chi connectivity index (χ2v) is 8.65. The van der Waals surface area contributed by atoms with E-state index in [0.29, 0.717) is 12.0 Å². The Kier molecular flexibility index (Phi) is 6.07. The number of benzene rings is 2. The number of nitrogens with one attached hydrogen (secondary N) is 1. The van der Waals surface area contributed by atoms with Crippen molar-refractivity contribution in [1.82, 2.24) is 5.32 Å². The van der Waals surface area contributed by atoms with E-state index in [1.807, 2.05) is 19.1 Å². The molecule has 30 heavy (non-hydrogen) atoms. The van der Waals surface area contributed by atoms with Gasteiger partial charge in [-0.25, -0.2) is 0 Å². The number of carbonyl (C=O) groups is 2. The fraction of sp³-hybridized carbons (Fsp3) is 0.440. The molecular weight excluding hydrogens is 374 g/mol. The van der Waals surface area contributed by atoms with E-state index < -0.39 is 0 Å². The third-order valence-corrected chi connectivity index (χ3v) is 6.40. The number of rotatable bonds is 5. The largest absolute Gasteiger partial charge is 0.372 e. The van der Waals surface area contributed by atoms with Gasteiger partial charge in [-0.2, -0.15) is 0 Å². The molecule has 1 N–H and O–H groups in total. The molecule has 2 saturated heterocycles. The predicted molar refractivity (Wildman–Crippen MR) is 121 cm³/mol. The molecule has 4 rings (SSSR count). The van der Waals surface area contributed by atoms with Crippen molar-refractivity contribution >= 4 is 23.2 Å². The minimum atomic E-state index is -0.101. The Hall–Kier alpha value is -2.82. The number of hydrogen-bond donors (Lipinski definition) is 1. The van der Waals surface area contributed by atoms with Crippen LogP contribution in [0.1, 0.15) is 61.5 Å². The highest BCUT2D eigenvalue weighted by atomic mass is 16.2. The Bertz CT molecular complexity index is 884. The van der Waals surface area contributed by atoms with Crippen LogP contribution in [0.4, 0.5) is 11.4 Å². The van der Waals surface area contributed by atoms with Crippen LogP contribution >= 0.6 is 0 Å². The Balaban J connectivity index is 1.35. The van der Waals surface area contributed by atoms with Gasteiger partial charge in [0, 0.05) is 43.0 Å². The van der Waals surface area contributed by atoms with E-state index in [2.05, 4.69) is 41.4 Å². The second kappa shape index (κ2) is 8.90. The molecule has 0 aromatic heterocycles. The van der Waals surface area contributed by atoms with Crippen molar-refractivity contribution in [3.05, 3.63) is 59.7 Å². The number of anilines is 2. The standard InChI is InChI=1S/C25H31N3O2/c1-18-13-16-27(17-14-18)22-9-5-20(6-10-22)19(2)26-25(30)21-7-11-23(12-8-21)28-15-3-4-24(28)29/h5-12,18-19H,3-4,13-17H2,1-2H3,(H,26,30)/t19-/m0/s1. The lowest BCUT2D eigenvalue weighted by atomic mass is 9.98. The molecule has 0 bridgehead atoms. The van der Waals surface area contributed by atoms with Crippen LogP contribution in [0.3, 0.4) is 0 Å². The van der Waals surface area contributed by atoms with E-state index in [0.717, 1.165) is 43.2 Å². The fourth-order valence-corrected chi connectivity index (χ4v) is 4.32. The first-order valence-corrected chi connectivity index (χ1v) is 11.1. The second-order valence-electron chi connectivity index (χ2n) is 8.65. The SMILES string of the molecule is CC1CCN(c2ccc([C@H](C)NC(=O)c3ccc(N4CCCC4=O)cc3)cc2)CC1. The first-order chi connectivity index (χ1) is 14.5. The van der Waals surface area contributed by atoms with Gasteiger partial charge in [-0.1, -0.05) is 19.1 Å². The summed E-state index contributed by atoms with van der Waals surface area (Å²) in [5, 5.41) is 3.08. The molecule has 0 saturated carbocycles. The number of hydrogen-bond acceptors (Lipinski definition) is 3. The van der Waals surface area contributed by atoms with Crippen molar-refractivity contribution in [3.63, 3.8) is 0 Å². The molecule has 0 aliphatic carbocycles. The van der Waals surface area contributed by atoms with Gasteiger partial charge in [-0.15, -0.1) is 0 Å². The number of piperidine rings is 1. The molecule has 5 heteroatoms. The number of nitrogens with zero attached hydrogens (tertiary/aromatic N) is 2. The molecule has 2 aromatic rings. The molecule has 5 nitrogen and oxygen atoms in total. The highest BCUT2D eigenvalue weighted by Crippen LogP contribution is 2.25. The van der Waals surface area contributed by atoms with Crippen molar-refractivity contribution in [2.45, 2.75) is 45.6 Å². The minimum Gasteiger partial charge on any atom is -0.372 e. The molecule has 0 spiro atoms. The molecule has 2 fully saturated rings. The normalized spacial score (nSPS) is 18.5. The first kappa shape index (κ1) is 20.5. The summed E-state index contributed by atoms with van der Waals surface area (Å²) in [6.07, 6.45) is 4.00. The van der Waals surface area contributed by atoms with Crippen LogP contribution in [0, 0.1) is 5.92 Å². The van der Waals surface area contributed by atoms with E-state index in [1.165, 1.54) is 18.5 Å². The van der Waals surface area contributed by atoms with Gasteiger partial charge in [0.25, 0.3) is 5.91 Å². The molecule has 158 valence electrons. The van der Waals surface area contributed by atoms with Crippen molar-refractivity contribution in [2.24, 2.45) is 5.92 Å². The molecule has 2 heterocycles. The zero-order chi connectivity index (χ0) is 21.1. The average Bonchev–Trinajstić information content (AvgIpc) is 3.20. The van der Waals surface area contributed by atoms with Gasteiger partial charge >= 0.3 is 0 Å². The smallest absolute Gasteiger partial charge is 0.251 e. The topological polar surface area (TPSA) is 52.7 Å². The maximum Gasteiger partial charge on any atom is 0.251 e. The zero-order valence-electron chi connectivity index (χ0n) is 17.9. The van der Waals surface area contributed by atoms with Gasteiger partial charge in [0.1, 0.15) is 0 Å². The molecule has 1 atom stereocenters. The van der Waals surface area contributed by atoms with Crippen molar-refractivity contribution < 1.29 is 9.59 Å². The molecule has 2 aliphatic heterocycles. The van der Waals surface area contributed by atoms with Crippen LogP contribution < -0.4 is 15.1 Å². The van der Waals surface area contributed by atoms with Crippen molar-refractivity contribution in [3.8, 4) is 0 Å². The van der Waals surface area contributed by atoms with Crippen LogP contribution in [0.2, 0.25) is 0 Å². The van der Waals surface area contributed by atoms with Crippen LogP contribution in [0.25, 0.3) is 0 Å². The Morgan fingerprint density at radius 2 is 1.60 bits per heavy atom. The van der Waals surface area contributed by atoms with Gasteiger partial charge in [0.05, 0.1) is 6.04 Å². The van der Waals surface area contributed by atoms with Gasteiger partial charge in [-0.05, 0) is 74.1 Å². The lowest BCUT2D eigenvalue weighted by Crippen LogP contribution is -2.32. The highest BCUT2D eigenvalue weighted by Gasteiger charge is 2.22. The Morgan fingerprint density at radius 1 is 0.967 bits per heavy atom. The molecule has 2 aromatic carbocycles. The summed E-state index contributed by atoms with van der Waals surface area (Å²) < 4.78 is 0. The van der Waals surface area contributed by atoms with Gasteiger partial charge in [0.15, 0.2) is 0 Å². The third-order valence-electron chi connectivity index (χ3n) is 6.40. The third kappa shape index (κ3) is 4.50. The van der Waals surface area contributed by atoms with Crippen molar-refractivity contribution in [1.29, 1.82) is 0 Å². The lowest BCUT2D eigenvalue weighted by Gasteiger charge is -2.32. The number of carbonyl (C=O) groups excluding carboxylic acids is 2. The van der Waals surface area contributed by atoms with E-state index in [1.54, 1.807) is 17.0 Å². The molecule has 2 amide bonds.